The first kappa shape index (κ1) is 22.9. The molecule has 6 nitrogen and oxygen atoms in total. The van der Waals surface area contributed by atoms with Crippen LogP contribution in [0.2, 0.25) is 10.0 Å². The molecule has 0 aliphatic heterocycles. The Morgan fingerprint density at radius 3 is 2.54 bits per heavy atom. The largest absolute Gasteiger partial charge is 0.495 e. The summed E-state index contributed by atoms with van der Waals surface area (Å²) < 4.78 is 5.32. The van der Waals surface area contributed by atoms with E-state index in [2.05, 4.69) is 27.6 Å². The molecular formula is C27H20Cl2N4O2. The maximum absolute atomic E-state index is 12.7. The first-order valence-electron chi connectivity index (χ1n) is 10.8. The number of hydrogen-bond donors (Lipinski definition) is 1. The molecule has 35 heavy (non-hydrogen) atoms. The van der Waals surface area contributed by atoms with Crippen molar-refractivity contribution in [1.82, 2.24) is 15.0 Å². The molecule has 1 N–H and O–H groups in total. The number of halogens is 2. The molecule has 0 aliphatic rings. The van der Waals surface area contributed by atoms with Crippen LogP contribution in [0.1, 0.15) is 11.1 Å². The van der Waals surface area contributed by atoms with Gasteiger partial charge in [-0.15, -0.1) is 15.0 Å². The average molecular weight is 503 g/mol. The van der Waals surface area contributed by atoms with Crippen molar-refractivity contribution in [3.63, 3.8) is 0 Å². The van der Waals surface area contributed by atoms with Gasteiger partial charge in [0, 0.05) is 27.7 Å². The van der Waals surface area contributed by atoms with Gasteiger partial charge < -0.3 is 10.1 Å². The SMILES string of the molecule is COc1c(Cl)cc(Cl)cc1/C=C/C(=O)Nc1cc2nn(-c3cccc4ccccc34)nc2cc1C. The fourth-order valence-corrected chi connectivity index (χ4v) is 4.54. The van der Waals surface area contributed by atoms with Crippen molar-refractivity contribution in [2.24, 2.45) is 0 Å². The summed E-state index contributed by atoms with van der Waals surface area (Å²) in [5, 5.41) is 15.2. The van der Waals surface area contributed by atoms with Crippen molar-refractivity contribution in [3.05, 3.63) is 94.0 Å². The van der Waals surface area contributed by atoms with Gasteiger partial charge in [0.25, 0.3) is 0 Å². The Hall–Kier alpha value is -3.87. The molecule has 4 aromatic carbocycles. The number of fused-ring (bicyclic) bond motifs is 2. The molecule has 0 saturated carbocycles. The fraction of sp³-hybridized carbons (Fsp3) is 0.0741. The van der Waals surface area contributed by atoms with Crippen molar-refractivity contribution in [2.75, 3.05) is 12.4 Å². The number of nitrogens with one attached hydrogen (secondary N) is 1. The van der Waals surface area contributed by atoms with Gasteiger partial charge in [-0.1, -0.05) is 59.6 Å². The standard InChI is InChI=1S/C27H20Cl2N4O2/c1-16-12-23-24(32-33(31-23)25-9-5-7-17-6-3-4-8-20(17)25)15-22(16)30-26(34)11-10-18-13-19(28)14-21(29)27(18)35-2/h3-15H,1-2H3,(H,30,34)/b11-10+. The number of ether oxygens (including phenoxy) is 1. The molecule has 1 amide bonds. The summed E-state index contributed by atoms with van der Waals surface area (Å²) in [6.07, 6.45) is 3.01. The predicted molar refractivity (Wildman–Crippen MR) is 142 cm³/mol. The van der Waals surface area contributed by atoms with Gasteiger partial charge in [-0.05, 0) is 54.3 Å². The number of nitrogens with zero attached hydrogens (tertiary/aromatic N) is 3. The first-order valence-corrected chi connectivity index (χ1v) is 11.6. The van der Waals surface area contributed by atoms with Gasteiger partial charge in [0.1, 0.15) is 16.8 Å². The number of rotatable bonds is 5. The van der Waals surface area contributed by atoms with Crippen LogP contribution in [0.4, 0.5) is 5.69 Å². The summed E-state index contributed by atoms with van der Waals surface area (Å²) >= 11 is 12.3. The van der Waals surface area contributed by atoms with E-state index in [4.69, 9.17) is 27.9 Å². The molecule has 174 valence electrons. The van der Waals surface area contributed by atoms with Crippen molar-refractivity contribution < 1.29 is 9.53 Å². The van der Waals surface area contributed by atoms with Crippen molar-refractivity contribution in [1.29, 1.82) is 0 Å². The van der Waals surface area contributed by atoms with Gasteiger partial charge in [-0.25, -0.2) is 0 Å². The number of aryl methyl sites for hydroxylation is 1. The third-order valence-electron chi connectivity index (χ3n) is 5.62. The van der Waals surface area contributed by atoms with Crippen LogP contribution in [-0.2, 0) is 4.79 Å². The van der Waals surface area contributed by atoms with E-state index < -0.39 is 0 Å². The van der Waals surface area contributed by atoms with Crippen LogP contribution in [0, 0.1) is 6.92 Å². The minimum atomic E-state index is -0.313. The summed E-state index contributed by atoms with van der Waals surface area (Å²) in [5.74, 6) is 0.134. The maximum atomic E-state index is 12.7. The zero-order valence-electron chi connectivity index (χ0n) is 18.9. The van der Waals surface area contributed by atoms with E-state index in [0.717, 1.165) is 27.5 Å². The van der Waals surface area contributed by atoms with Gasteiger partial charge in [0.15, 0.2) is 0 Å². The Morgan fingerprint density at radius 2 is 1.74 bits per heavy atom. The monoisotopic (exact) mass is 502 g/mol. The number of anilines is 1. The quantitative estimate of drug-likeness (QED) is 0.267. The Bertz CT molecular complexity index is 1620. The van der Waals surface area contributed by atoms with Crippen molar-refractivity contribution in [3.8, 4) is 11.4 Å². The summed E-state index contributed by atoms with van der Waals surface area (Å²) in [7, 11) is 1.51. The molecule has 0 saturated heterocycles. The Balaban J connectivity index is 1.43. The summed E-state index contributed by atoms with van der Waals surface area (Å²) in [6.45, 7) is 1.91. The molecule has 5 rings (SSSR count). The van der Waals surface area contributed by atoms with E-state index in [1.54, 1.807) is 23.0 Å². The van der Waals surface area contributed by atoms with E-state index >= 15 is 0 Å². The predicted octanol–water partition coefficient (Wildman–Crippen LogP) is 6.85. The number of aromatic nitrogens is 3. The summed E-state index contributed by atoms with van der Waals surface area (Å²) in [4.78, 5) is 14.3. The van der Waals surface area contributed by atoms with Gasteiger partial charge in [-0.3, -0.25) is 4.79 Å². The third kappa shape index (κ3) is 4.58. The Morgan fingerprint density at radius 1 is 1.00 bits per heavy atom. The molecule has 0 unspecified atom stereocenters. The van der Waals surface area contributed by atoms with E-state index in [1.807, 2.05) is 49.4 Å². The molecule has 1 heterocycles. The smallest absolute Gasteiger partial charge is 0.248 e. The lowest BCUT2D eigenvalue weighted by Crippen LogP contribution is -2.09. The van der Waals surface area contributed by atoms with Crippen LogP contribution < -0.4 is 10.1 Å². The molecule has 1 aromatic heterocycles. The topological polar surface area (TPSA) is 69.0 Å². The van der Waals surface area contributed by atoms with Gasteiger partial charge in [0.05, 0.1) is 17.8 Å². The Kier molecular flexibility index (Phi) is 6.16. The maximum Gasteiger partial charge on any atom is 0.248 e. The molecule has 0 bridgehead atoms. The number of methoxy groups -OCH3 is 1. The highest BCUT2D eigenvalue weighted by molar-refractivity contribution is 6.36. The lowest BCUT2D eigenvalue weighted by Gasteiger charge is -2.08. The lowest BCUT2D eigenvalue weighted by molar-refractivity contribution is -0.111. The fourth-order valence-electron chi connectivity index (χ4n) is 3.95. The lowest BCUT2D eigenvalue weighted by atomic mass is 10.1. The molecule has 0 spiro atoms. The number of benzene rings is 4. The number of hydrogen-bond acceptors (Lipinski definition) is 4. The molecule has 5 aromatic rings. The highest BCUT2D eigenvalue weighted by Crippen LogP contribution is 2.33. The van der Waals surface area contributed by atoms with Crippen LogP contribution in [-0.4, -0.2) is 28.0 Å². The van der Waals surface area contributed by atoms with Crippen LogP contribution in [0.3, 0.4) is 0 Å². The van der Waals surface area contributed by atoms with E-state index in [1.165, 1.54) is 13.2 Å². The second kappa shape index (κ2) is 9.41. The normalized spacial score (nSPS) is 11.4. The second-order valence-corrected chi connectivity index (χ2v) is 8.82. The van der Waals surface area contributed by atoms with E-state index in [0.29, 0.717) is 32.6 Å². The van der Waals surface area contributed by atoms with Gasteiger partial charge >= 0.3 is 0 Å². The highest BCUT2D eigenvalue weighted by Gasteiger charge is 2.12. The molecule has 8 heteroatoms. The molecule has 0 aliphatic carbocycles. The van der Waals surface area contributed by atoms with Crippen LogP contribution in [0.15, 0.2) is 72.8 Å². The first-order chi connectivity index (χ1) is 16.9. The zero-order chi connectivity index (χ0) is 24.5. The second-order valence-electron chi connectivity index (χ2n) is 7.98. The van der Waals surface area contributed by atoms with Crippen LogP contribution in [0.5, 0.6) is 5.75 Å². The molecule has 0 fully saturated rings. The van der Waals surface area contributed by atoms with E-state index in [-0.39, 0.29) is 5.91 Å². The average Bonchev–Trinajstić information content (AvgIpc) is 3.24. The van der Waals surface area contributed by atoms with Crippen LogP contribution >= 0.6 is 23.2 Å². The number of amides is 1. The molecule has 0 radical (unpaired) electrons. The zero-order valence-corrected chi connectivity index (χ0v) is 20.4. The third-order valence-corrected chi connectivity index (χ3v) is 6.12. The highest BCUT2D eigenvalue weighted by atomic mass is 35.5. The minimum absolute atomic E-state index is 0.313. The molecule has 0 atom stereocenters. The van der Waals surface area contributed by atoms with Gasteiger partial charge in [0.2, 0.25) is 5.91 Å². The van der Waals surface area contributed by atoms with Crippen molar-refractivity contribution in [2.45, 2.75) is 6.92 Å². The summed E-state index contributed by atoms with van der Waals surface area (Å²) in [5.41, 5.74) is 4.42. The van der Waals surface area contributed by atoms with Crippen LogP contribution in [0.25, 0.3) is 33.6 Å². The number of carbonyl (C=O) groups excluding carboxylic acids is 1. The Labute approximate surface area is 211 Å². The van der Waals surface area contributed by atoms with Gasteiger partial charge in [-0.2, -0.15) is 0 Å². The summed E-state index contributed by atoms with van der Waals surface area (Å²) in [6, 6.07) is 21.1. The van der Waals surface area contributed by atoms with Crippen molar-refractivity contribution >= 4 is 62.7 Å². The van der Waals surface area contributed by atoms with E-state index in [9.17, 15) is 4.79 Å². The number of carbonyl (C=O) groups is 1. The molecular weight excluding hydrogens is 483 g/mol. The minimum Gasteiger partial charge on any atom is -0.495 e.